The van der Waals surface area contributed by atoms with Crippen LogP contribution in [0.2, 0.25) is 0 Å². The van der Waals surface area contributed by atoms with Crippen LogP contribution in [0.4, 0.5) is 5.69 Å². The molecule has 212 valence electrons. The van der Waals surface area contributed by atoms with Gasteiger partial charge in [-0.1, -0.05) is 0 Å². The number of anilines is 1. The van der Waals surface area contributed by atoms with Crippen LogP contribution in [-0.2, 0) is 6.54 Å². The summed E-state index contributed by atoms with van der Waals surface area (Å²) in [6.07, 6.45) is 7.34. The lowest BCUT2D eigenvalue weighted by Gasteiger charge is -2.33. The van der Waals surface area contributed by atoms with E-state index in [1.165, 1.54) is 5.56 Å². The molecule has 0 radical (unpaired) electrons. The lowest BCUT2D eigenvalue weighted by atomic mass is 10.0. The molecule has 0 unspecified atom stereocenters. The second-order valence-corrected chi connectivity index (χ2v) is 10.9. The van der Waals surface area contributed by atoms with Crippen molar-refractivity contribution in [2.75, 3.05) is 31.1 Å². The van der Waals surface area contributed by atoms with E-state index < -0.39 is 5.91 Å². The van der Waals surface area contributed by atoms with E-state index in [-0.39, 0.29) is 18.1 Å². The standard InChI is InChI=1S/C32H35N5O4/c33-31(38)23-1-3-26(4-2-23)37-17-11-27(12-18-37)40-28-5-6-29-24(19-28)20-30(41-29)32(39)35-25-9-15-36(16-10-25)21-22-7-13-34-14-8-22/h1-8,13-14,19-20,25,27H,9-12,15-18,21H2,(H2,33,38)(H,35,39). The zero-order chi connectivity index (χ0) is 28.2. The summed E-state index contributed by atoms with van der Waals surface area (Å²) in [5.74, 6) is 0.510. The number of primary amides is 1. The van der Waals surface area contributed by atoms with Crippen LogP contribution in [0.3, 0.4) is 0 Å². The monoisotopic (exact) mass is 553 g/mol. The van der Waals surface area contributed by atoms with Crippen LogP contribution in [-0.4, -0.2) is 60.0 Å². The van der Waals surface area contributed by atoms with Crippen molar-refractivity contribution >= 4 is 28.5 Å². The van der Waals surface area contributed by atoms with Crippen molar-refractivity contribution in [1.82, 2.24) is 15.2 Å². The van der Waals surface area contributed by atoms with Crippen LogP contribution in [0.5, 0.6) is 5.75 Å². The average Bonchev–Trinajstić information content (AvgIpc) is 3.43. The molecule has 2 amide bonds. The fourth-order valence-electron chi connectivity index (χ4n) is 5.71. The minimum absolute atomic E-state index is 0.104. The van der Waals surface area contributed by atoms with E-state index in [2.05, 4.69) is 20.1 Å². The molecule has 9 nitrogen and oxygen atoms in total. The Morgan fingerprint density at radius 1 is 0.927 bits per heavy atom. The summed E-state index contributed by atoms with van der Waals surface area (Å²) in [6.45, 7) is 4.51. The van der Waals surface area contributed by atoms with Gasteiger partial charge in [0.25, 0.3) is 5.91 Å². The predicted molar refractivity (Wildman–Crippen MR) is 157 cm³/mol. The predicted octanol–water partition coefficient (Wildman–Crippen LogP) is 4.37. The van der Waals surface area contributed by atoms with Gasteiger partial charge in [-0.2, -0.15) is 0 Å². The number of pyridine rings is 1. The lowest BCUT2D eigenvalue weighted by molar-refractivity contribution is 0.0882. The first-order valence-electron chi connectivity index (χ1n) is 14.3. The molecular formula is C32H35N5O4. The van der Waals surface area contributed by atoms with E-state index in [4.69, 9.17) is 14.9 Å². The normalized spacial score (nSPS) is 17.0. The molecule has 0 atom stereocenters. The van der Waals surface area contributed by atoms with E-state index in [9.17, 15) is 9.59 Å². The Hall–Kier alpha value is -4.37. The largest absolute Gasteiger partial charge is 0.490 e. The topological polar surface area (TPSA) is 114 Å². The number of nitrogens with zero attached hydrogens (tertiary/aromatic N) is 3. The van der Waals surface area contributed by atoms with Gasteiger partial charge in [0.05, 0.1) is 0 Å². The number of likely N-dealkylation sites (tertiary alicyclic amines) is 1. The Morgan fingerprint density at radius 2 is 1.66 bits per heavy atom. The summed E-state index contributed by atoms with van der Waals surface area (Å²) in [5, 5.41) is 4.01. The Balaban J connectivity index is 0.992. The number of carbonyl (C=O) groups excluding carboxylic acids is 2. The smallest absolute Gasteiger partial charge is 0.287 e. The third-order valence-electron chi connectivity index (χ3n) is 8.05. The number of hydrogen-bond acceptors (Lipinski definition) is 7. The Labute approximate surface area is 239 Å². The second-order valence-electron chi connectivity index (χ2n) is 10.9. The highest BCUT2D eigenvalue weighted by molar-refractivity contribution is 5.96. The number of amides is 2. The summed E-state index contributed by atoms with van der Waals surface area (Å²) in [6, 6.07) is 19.2. The average molecular weight is 554 g/mol. The van der Waals surface area contributed by atoms with E-state index in [0.29, 0.717) is 16.9 Å². The third kappa shape index (κ3) is 6.52. The van der Waals surface area contributed by atoms with Crippen LogP contribution < -0.4 is 20.7 Å². The molecule has 0 saturated carbocycles. The maximum Gasteiger partial charge on any atom is 0.287 e. The molecule has 3 N–H and O–H groups in total. The molecule has 2 aliphatic heterocycles. The van der Waals surface area contributed by atoms with Crippen molar-refractivity contribution in [2.24, 2.45) is 5.73 Å². The maximum absolute atomic E-state index is 13.0. The highest BCUT2D eigenvalue weighted by Crippen LogP contribution is 2.28. The van der Waals surface area contributed by atoms with Gasteiger partial charge in [0.15, 0.2) is 5.76 Å². The van der Waals surface area contributed by atoms with Crippen LogP contribution in [0.1, 0.15) is 52.2 Å². The Bertz CT molecular complexity index is 1490. The van der Waals surface area contributed by atoms with Gasteiger partial charge < -0.3 is 25.1 Å². The van der Waals surface area contributed by atoms with Crippen molar-refractivity contribution in [3.63, 3.8) is 0 Å². The van der Waals surface area contributed by atoms with E-state index in [1.807, 2.05) is 54.9 Å². The van der Waals surface area contributed by atoms with Crippen LogP contribution in [0.25, 0.3) is 11.0 Å². The summed E-state index contributed by atoms with van der Waals surface area (Å²) in [5.41, 5.74) is 8.87. The van der Waals surface area contributed by atoms with Crippen molar-refractivity contribution in [3.8, 4) is 5.75 Å². The summed E-state index contributed by atoms with van der Waals surface area (Å²) < 4.78 is 12.2. The van der Waals surface area contributed by atoms with Gasteiger partial charge >= 0.3 is 0 Å². The third-order valence-corrected chi connectivity index (χ3v) is 8.05. The van der Waals surface area contributed by atoms with Crippen molar-refractivity contribution in [2.45, 2.75) is 44.4 Å². The fraction of sp³-hybridized carbons (Fsp3) is 0.344. The van der Waals surface area contributed by atoms with E-state index >= 15 is 0 Å². The first kappa shape index (κ1) is 26.8. The first-order valence-corrected chi connectivity index (χ1v) is 14.3. The molecule has 2 saturated heterocycles. The van der Waals surface area contributed by atoms with Crippen molar-refractivity contribution < 1.29 is 18.7 Å². The molecule has 2 aromatic carbocycles. The molecule has 0 spiro atoms. The van der Waals surface area contributed by atoms with Crippen LogP contribution >= 0.6 is 0 Å². The van der Waals surface area contributed by atoms with Gasteiger partial charge in [0.2, 0.25) is 5.91 Å². The Kier molecular flexibility index (Phi) is 7.86. The number of nitrogens with two attached hydrogens (primary N) is 1. The highest BCUT2D eigenvalue weighted by atomic mass is 16.5. The van der Waals surface area contributed by atoms with Gasteiger partial charge in [-0.25, -0.2) is 0 Å². The number of furan rings is 1. The van der Waals surface area contributed by atoms with Gasteiger partial charge in [0, 0.05) is 80.6 Å². The molecular weight excluding hydrogens is 518 g/mol. The number of ether oxygens (including phenoxy) is 1. The number of rotatable bonds is 8. The molecule has 0 aliphatic carbocycles. The minimum atomic E-state index is -0.417. The molecule has 6 rings (SSSR count). The summed E-state index contributed by atoms with van der Waals surface area (Å²) in [7, 11) is 0. The van der Waals surface area contributed by atoms with Crippen LogP contribution in [0.15, 0.2) is 77.5 Å². The number of aromatic nitrogens is 1. The van der Waals surface area contributed by atoms with Crippen molar-refractivity contribution in [3.05, 3.63) is 89.9 Å². The molecule has 4 aromatic rings. The molecule has 2 aliphatic rings. The van der Waals surface area contributed by atoms with Gasteiger partial charge in [-0.05, 0) is 79.1 Å². The number of hydrogen-bond donors (Lipinski definition) is 2. The summed E-state index contributed by atoms with van der Waals surface area (Å²) >= 11 is 0. The molecule has 4 heterocycles. The zero-order valence-corrected chi connectivity index (χ0v) is 23.0. The minimum Gasteiger partial charge on any atom is -0.490 e. The zero-order valence-electron chi connectivity index (χ0n) is 23.0. The number of benzene rings is 2. The second kappa shape index (κ2) is 12.0. The van der Waals surface area contributed by atoms with Crippen molar-refractivity contribution in [1.29, 1.82) is 0 Å². The van der Waals surface area contributed by atoms with Crippen LogP contribution in [0, 0.1) is 0 Å². The van der Waals surface area contributed by atoms with E-state index in [1.54, 1.807) is 18.2 Å². The lowest BCUT2D eigenvalue weighted by Crippen LogP contribution is -2.44. The number of carbonyl (C=O) groups is 2. The molecule has 2 fully saturated rings. The van der Waals surface area contributed by atoms with Gasteiger partial charge in [-0.15, -0.1) is 0 Å². The van der Waals surface area contributed by atoms with Gasteiger partial charge in [0.1, 0.15) is 17.4 Å². The number of nitrogens with one attached hydrogen (secondary N) is 1. The SMILES string of the molecule is NC(=O)c1ccc(N2CCC(Oc3ccc4oc(C(=O)NC5CCN(Cc6ccncc6)CC5)cc4c3)CC2)cc1. The van der Waals surface area contributed by atoms with Gasteiger partial charge in [-0.3, -0.25) is 19.5 Å². The Morgan fingerprint density at radius 3 is 2.37 bits per heavy atom. The molecule has 0 bridgehead atoms. The fourth-order valence-corrected chi connectivity index (χ4v) is 5.71. The number of fused-ring (bicyclic) bond motifs is 1. The quantitative estimate of drug-likeness (QED) is 0.333. The first-order chi connectivity index (χ1) is 20.0. The molecule has 41 heavy (non-hydrogen) atoms. The molecule has 2 aromatic heterocycles. The highest BCUT2D eigenvalue weighted by Gasteiger charge is 2.24. The summed E-state index contributed by atoms with van der Waals surface area (Å²) in [4.78, 5) is 33.1. The number of piperidine rings is 2. The maximum atomic E-state index is 13.0. The molecule has 9 heteroatoms. The van der Waals surface area contributed by atoms with E-state index in [0.717, 1.165) is 75.2 Å².